The summed E-state index contributed by atoms with van der Waals surface area (Å²) in [5.74, 6) is -0.128. The van der Waals surface area contributed by atoms with Crippen molar-refractivity contribution in [3.05, 3.63) is 74.3 Å². The third kappa shape index (κ3) is 5.62. The van der Waals surface area contributed by atoms with Gasteiger partial charge in [-0.3, -0.25) is 14.4 Å². The number of rotatable bonds is 7. The average Bonchev–Trinajstić information content (AvgIpc) is 2.71. The molecule has 1 heterocycles. The van der Waals surface area contributed by atoms with E-state index in [2.05, 4.69) is 15.3 Å². The number of amides is 2. The second kappa shape index (κ2) is 9.94. The summed E-state index contributed by atoms with van der Waals surface area (Å²) in [5, 5.41) is 4.15. The molecule has 1 atom stereocenters. The number of carbonyl (C=O) groups excluding carboxylic acids is 2. The summed E-state index contributed by atoms with van der Waals surface area (Å²) in [6.45, 7) is 3.73. The van der Waals surface area contributed by atoms with Gasteiger partial charge in [0.1, 0.15) is 5.82 Å². The number of carbonyl (C=O) groups is 2. The van der Waals surface area contributed by atoms with Crippen molar-refractivity contribution in [1.29, 1.82) is 0 Å². The Morgan fingerprint density at radius 2 is 1.94 bits per heavy atom. The van der Waals surface area contributed by atoms with Gasteiger partial charge in [0.15, 0.2) is 0 Å². The summed E-state index contributed by atoms with van der Waals surface area (Å²) in [5.41, 5.74) is 0.824. The first-order valence-electron chi connectivity index (χ1n) is 9.76. The quantitative estimate of drug-likeness (QED) is 0.559. The van der Waals surface area contributed by atoms with Crippen LogP contribution in [0.25, 0.3) is 10.9 Å². The first-order valence-corrected chi connectivity index (χ1v) is 10.5. The van der Waals surface area contributed by atoms with Crippen LogP contribution < -0.4 is 10.9 Å². The van der Waals surface area contributed by atoms with E-state index >= 15 is 0 Å². The number of halogens is 2. The van der Waals surface area contributed by atoms with E-state index in [1.807, 2.05) is 6.92 Å². The Morgan fingerprint density at radius 3 is 2.61 bits per heavy atom. The molecular weight excluding hydrogens is 439 g/mol. The topological polar surface area (TPSA) is 95.2 Å². The smallest absolute Gasteiger partial charge is 0.258 e. The lowest BCUT2D eigenvalue weighted by Gasteiger charge is -2.25. The van der Waals surface area contributed by atoms with Gasteiger partial charge >= 0.3 is 0 Å². The number of benzene rings is 2. The van der Waals surface area contributed by atoms with Gasteiger partial charge in [0, 0.05) is 23.5 Å². The molecule has 2 aromatic carbocycles. The van der Waals surface area contributed by atoms with E-state index in [4.69, 9.17) is 23.2 Å². The molecule has 1 aromatic heterocycles. The lowest BCUT2D eigenvalue weighted by Crippen LogP contribution is -2.36. The van der Waals surface area contributed by atoms with Crippen molar-refractivity contribution in [3.63, 3.8) is 0 Å². The third-order valence-electron chi connectivity index (χ3n) is 4.83. The summed E-state index contributed by atoms with van der Waals surface area (Å²) in [4.78, 5) is 45.8. The van der Waals surface area contributed by atoms with Crippen molar-refractivity contribution in [2.75, 3.05) is 6.54 Å². The zero-order valence-electron chi connectivity index (χ0n) is 17.1. The minimum absolute atomic E-state index is 0.0147. The number of H-pyrrole nitrogens is 1. The average molecular weight is 461 g/mol. The standard InChI is InChI=1S/C22H22Cl2N4O3/c1-3-28(12-20-26-18-10-14(23)8-9-16(18)22(31)27-20)21(30)11-19(25-13(2)29)15-6-4-5-7-17(15)24/h4-10,19H,3,11-12H2,1-2H3,(H,25,29)(H,26,27,31)/t19-/m1/s1. The maximum Gasteiger partial charge on any atom is 0.258 e. The predicted octanol–water partition coefficient (Wildman–Crippen LogP) is 3.85. The van der Waals surface area contributed by atoms with Crippen LogP contribution in [0.15, 0.2) is 47.3 Å². The van der Waals surface area contributed by atoms with Gasteiger partial charge in [-0.05, 0) is 36.8 Å². The van der Waals surface area contributed by atoms with E-state index in [0.717, 1.165) is 0 Å². The van der Waals surface area contributed by atoms with Crippen LogP contribution in [-0.2, 0) is 16.1 Å². The maximum atomic E-state index is 13.0. The molecule has 0 saturated carbocycles. The fourth-order valence-electron chi connectivity index (χ4n) is 3.34. The Hall–Kier alpha value is -2.90. The summed E-state index contributed by atoms with van der Waals surface area (Å²) < 4.78 is 0. The Kier molecular flexibility index (Phi) is 7.30. The number of fused-ring (bicyclic) bond motifs is 1. The molecule has 0 aliphatic rings. The molecule has 0 radical (unpaired) electrons. The summed E-state index contributed by atoms with van der Waals surface area (Å²) in [7, 11) is 0. The predicted molar refractivity (Wildman–Crippen MR) is 121 cm³/mol. The Morgan fingerprint density at radius 1 is 1.19 bits per heavy atom. The lowest BCUT2D eigenvalue weighted by atomic mass is 10.0. The van der Waals surface area contributed by atoms with Crippen LogP contribution in [0.2, 0.25) is 10.0 Å². The molecule has 0 aliphatic heterocycles. The number of nitrogens with one attached hydrogen (secondary N) is 2. The molecule has 9 heteroatoms. The normalized spacial score (nSPS) is 11.9. The van der Waals surface area contributed by atoms with E-state index < -0.39 is 6.04 Å². The summed E-state index contributed by atoms with van der Waals surface area (Å²) in [6, 6.07) is 11.3. The molecule has 0 bridgehead atoms. The first-order chi connectivity index (χ1) is 14.8. The number of hydrogen-bond donors (Lipinski definition) is 2. The van der Waals surface area contributed by atoms with Crippen molar-refractivity contribution in [1.82, 2.24) is 20.2 Å². The van der Waals surface area contributed by atoms with Crippen LogP contribution in [0, 0.1) is 0 Å². The number of aromatic amines is 1. The highest BCUT2D eigenvalue weighted by atomic mass is 35.5. The summed E-state index contributed by atoms with van der Waals surface area (Å²) >= 11 is 12.3. The molecule has 2 N–H and O–H groups in total. The largest absolute Gasteiger partial charge is 0.349 e. The van der Waals surface area contributed by atoms with E-state index in [0.29, 0.717) is 38.9 Å². The minimum Gasteiger partial charge on any atom is -0.349 e. The van der Waals surface area contributed by atoms with Gasteiger partial charge in [-0.2, -0.15) is 0 Å². The summed E-state index contributed by atoms with van der Waals surface area (Å²) in [6.07, 6.45) is 0.0147. The van der Waals surface area contributed by atoms with Gasteiger partial charge in [-0.15, -0.1) is 0 Å². The molecule has 31 heavy (non-hydrogen) atoms. The van der Waals surface area contributed by atoms with Crippen LogP contribution in [0.3, 0.4) is 0 Å². The molecule has 0 aliphatic carbocycles. The third-order valence-corrected chi connectivity index (χ3v) is 5.41. The Balaban J connectivity index is 1.83. The molecule has 3 aromatic rings. The van der Waals surface area contributed by atoms with Gasteiger partial charge in [0.05, 0.1) is 29.9 Å². The molecule has 162 valence electrons. The number of nitrogens with zero attached hydrogens (tertiary/aromatic N) is 2. The second-order valence-electron chi connectivity index (χ2n) is 7.06. The van der Waals surface area contributed by atoms with Crippen LogP contribution in [0.4, 0.5) is 0 Å². The zero-order valence-corrected chi connectivity index (χ0v) is 18.6. The molecule has 2 amide bonds. The lowest BCUT2D eigenvalue weighted by molar-refractivity contribution is -0.132. The molecule has 0 saturated heterocycles. The van der Waals surface area contributed by atoms with Crippen molar-refractivity contribution in [2.24, 2.45) is 0 Å². The van der Waals surface area contributed by atoms with Crippen LogP contribution in [-0.4, -0.2) is 33.2 Å². The van der Waals surface area contributed by atoms with E-state index in [9.17, 15) is 14.4 Å². The number of hydrogen-bond acceptors (Lipinski definition) is 4. The highest BCUT2D eigenvalue weighted by Crippen LogP contribution is 2.26. The van der Waals surface area contributed by atoms with Gasteiger partial charge in [-0.25, -0.2) is 4.98 Å². The first kappa shape index (κ1) is 22.8. The maximum absolute atomic E-state index is 13.0. The highest BCUT2D eigenvalue weighted by Gasteiger charge is 2.23. The minimum atomic E-state index is -0.574. The SMILES string of the molecule is CCN(Cc1nc2cc(Cl)ccc2c(=O)[nH]1)C(=O)C[C@@H](NC(C)=O)c1ccccc1Cl. The highest BCUT2D eigenvalue weighted by molar-refractivity contribution is 6.31. The molecule has 0 fully saturated rings. The van der Waals surface area contributed by atoms with Crippen LogP contribution in [0.5, 0.6) is 0 Å². The monoisotopic (exact) mass is 460 g/mol. The molecule has 0 spiro atoms. The van der Waals surface area contributed by atoms with Crippen LogP contribution in [0.1, 0.15) is 37.7 Å². The van der Waals surface area contributed by atoms with E-state index in [1.165, 1.54) is 6.92 Å². The fourth-order valence-corrected chi connectivity index (χ4v) is 3.77. The van der Waals surface area contributed by atoms with Gasteiger partial charge in [0.2, 0.25) is 11.8 Å². The van der Waals surface area contributed by atoms with Crippen molar-refractivity contribution >= 4 is 45.9 Å². The van der Waals surface area contributed by atoms with Gasteiger partial charge < -0.3 is 15.2 Å². The molecular formula is C22H22Cl2N4O3. The molecule has 7 nitrogen and oxygen atoms in total. The van der Waals surface area contributed by atoms with Gasteiger partial charge in [-0.1, -0.05) is 41.4 Å². The van der Waals surface area contributed by atoms with Crippen LogP contribution >= 0.6 is 23.2 Å². The van der Waals surface area contributed by atoms with Crippen molar-refractivity contribution in [2.45, 2.75) is 32.9 Å². The van der Waals surface area contributed by atoms with Crippen molar-refractivity contribution in [3.8, 4) is 0 Å². The second-order valence-corrected chi connectivity index (χ2v) is 7.90. The van der Waals surface area contributed by atoms with Gasteiger partial charge in [0.25, 0.3) is 5.56 Å². The van der Waals surface area contributed by atoms with Crippen molar-refractivity contribution < 1.29 is 9.59 Å². The molecule has 3 rings (SSSR count). The van der Waals surface area contributed by atoms with E-state index in [1.54, 1.807) is 47.4 Å². The fraction of sp³-hybridized carbons (Fsp3) is 0.273. The zero-order chi connectivity index (χ0) is 22.5. The number of aromatic nitrogens is 2. The molecule has 0 unspecified atom stereocenters. The Labute approximate surface area is 189 Å². The Bertz CT molecular complexity index is 1180. The van der Waals surface area contributed by atoms with E-state index in [-0.39, 0.29) is 30.3 Å².